The second kappa shape index (κ2) is 7.33. The van der Waals surface area contributed by atoms with E-state index in [1.807, 2.05) is 0 Å². The number of nitroso groups, excluding NO2 is 1. The highest BCUT2D eigenvalue weighted by molar-refractivity contribution is 6.00. The van der Waals surface area contributed by atoms with Gasteiger partial charge in [-0.3, -0.25) is 4.79 Å². The summed E-state index contributed by atoms with van der Waals surface area (Å²) in [6.45, 7) is 0. The molecule has 0 saturated heterocycles. The van der Waals surface area contributed by atoms with Crippen molar-refractivity contribution in [3.05, 3.63) is 58.5 Å². The summed E-state index contributed by atoms with van der Waals surface area (Å²) in [5.74, 6) is 0.0628. The summed E-state index contributed by atoms with van der Waals surface area (Å²) in [4.78, 5) is 26.9. The van der Waals surface area contributed by atoms with Gasteiger partial charge in [-0.05, 0) is 47.8 Å². The highest BCUT2D eigenvalue weighted by Crippen LogP contribution is 2.26. The summed E-state index contributed by atoms with van der Waals surface area (Å²) < 4.78 is 0. The minimum absolute atomic E-state index is 0.0468. The number of nitrogens with zero attached hydrogens (tertiary/aromatic N) is 1. The first kappa shape index (κ1) is 15.7. The van der Waals surface area contributed by atoms with Crippen molar-refractivity contribution in [2.75, 3.05) is 0 Å². The van der Waals surface area contributed by atoms with E-state index in [0.717, 1.165) is 5.56 Å². The standard InChI is InChI=1S/C16H15NO5/c18-12-6-9-14(15(10-12)17-20)16(19)3-1-2-11-4-7-13(22-21)8-5-11/h4-10,18,21H,1-3H2. The summed E-state index contributed by atoms with van der Waals surface area (Å²) >= 11 is 0. The maximum Gasteiger partial charge on any atom is 0.165 e. The van der Waals surface area contributed by atoms with E-state index in [0.29, 0.717) is 18.6 Å². The predicted molar refractivity (Wildman–Crippen MR) is 80.5 cm³/mol. The molecule has 0 aliphatic heterocycles. The predicted octanol–water partition coefficient (Wildman–Crippen LogP) is 3.85. The van der Waals surface area contributed by atoms with Crippen LogP contribution in [0.15, 0.2) is 47.6 Å². The van der Waals surface area contributed by atoms with Gasteiger partial charge in [0.25, 0.3) is 0 Å². The van der Waals surface area contributed by atoms with Gasteiger partial charge in [0.2, 0.25) is 0 Å². The van der Waals surface area contributed by atoms with Gasteiger partial charge < -0.3 is 9.99 Å². The number of phenols is 1. The van der Waals surface area contributed by atoms with Crippen LogP contribution in [0.5, 0.6) is 11.5 Å². The van der Waals surface area contributed by atoms with Crippen LogP contribution in [-0.2, 0) is 6.42 Å². The number of benzene rings is 2. The Labute approximate surface area is 126 Å². The molecule has 0 amide bonds. The Hall–Kier alpha value is -2.73. The van der Waals surface area contributed by atoms with Crippen molar-refractivity contribution in [2.24, 2.45) is 5.18 Å². The summed E-state index contributed by atoms with van der Waals surface area (Å²) in [7, 11) is 0. The number of rotatable bonds is 7. The summed E-state index contributed by atoms with van der Waals surface area (Å²) in [6.07, 6.45) is 1.56. The van der Waals surface area contributed by atoms with Crippen LogP contribution in [0, 0.1) is 4.91 Å². The maximum atomic E-state index is 12.1. The Morgan fingerprint density at radius 3 is 2.50 bits per heavy atom. The molecule has 22 heavy (non-hydrogen) atoms. The number of aromatic hydroxyl groups is 1. The second-order valence-electron chi connectivity index (χ2n) is 4.80. The number of Topliss-reactive ketones (excluding diaryl/α,β-unsaturated/α-hetero) is 1. The minimum Gasteiger partial charge on any atom is -0.508 e. The summed E-state index contributed by atoms with van der Waals surface area (Å²) in [5, 5.41) is 20.5. The lowest BCUT2D eigenvalue weighted by Crippen LogP contribution is -2.00. The zero-order valence-electron chi connectivity index (χ0n) is 11.7. The number of phenolic OH excluding ortho intramolecular Hbond substituents is 1. The average molecular weight is 301 g/mol. The quantitative estimate of drug-likeness (QED) is 0.350. The van der Waals surface area contributed by atoms with Crippen molar-refractivity contribution in [3.63, 3.8) is 0 Å². The van der Waals surface area contributed by atoms with Gasteiger partial charge in [-0.25, -0.2) is 5.26 Å². The Morgan fingerprint density at radius 2 is 1.86 bits per heavy atom. The normalized spacial score (nSPS) is 10.2. The number of aryl methyl sites for hydroxylation is 1. The molecule has 0 bridgehead atoms. The number of carbonyl (C=O) groups excluding carboxylic acids is 1. The molecule has 2 N–H and O–H groups in total. The fourth-order valence-electron chi connectivity index (χ4n) is 2.14. The third-order valence-corrected chi connectivity index (χ3v) is 3.28. The summed E-state index contributed by atoms with van der Waals surface area (Å²) in [5.41, 5.74) is 1.18. The van der Waals surface area contributed by atoms with E-state index in [-0.39, 0.29) is 29.2 Å². The minimum atomic E-state index is -0.190. The lowest BCUT2D eigenvalue weighted by molar-refractivity contribution is -0.137. The second-order valence-corrected chi connectivity index (χ2v) is 4.80. The summed E-state index contributed by atoms with van der Waals surface area (Å²) in [6, 6.07) is 10.8. The van der Waals surface area contributed by atoms with Gasteiger partial charge in [-0.15, -0.1) is 4.91 Å². The average Bonchev–Trinajstić information content (AvgIpc) is 2.55. The van der Waals surface area contributed by atoms with Gasteiger partial charge in [-0.2, -0.15) is 0 Å². The molecule has 6 heteroatoms. The van der Waals surface area contributed by atoms with Gasteiger partial charge >= 0.3 is 0 Å². The van der Waals surface area contributed by atoms with Gasteiger partial charge in [0, 0.05) is 18.1 Å². The molecule has 2 aromatic carbocycles. The third-order valence-electron chi connectivity index (χ3n) is 3.28. The zero-order valence-corrected chi connectivity index (χ0v) is 11.7. The SMILES string of the molecule is O=Nc1cc(O)ccc1C(=O)CCCc1ccc(OO)cc1. The van der Waals surface area contributed by atoms with Gasteiger partial charge in [0.1, 0.15) is 11.4 Å². The molecular formula is C16H15NO5. The van der Waals surface area contributed by atoms with Crippen LogP contribution in [-0.4, -0.2) is 16.1 Å². The molecule has 0 radical (unpaired) electrons. The molecule has 0 spiro atoms. The molecule has 0 aromatic heterocycles. The van der Waals surface area contributed by atoms with Crippen molar-refractivity contribution in [3.8, 4) is 11.5 Å². The number of carbonyl (C=O) groups is 1. The van der Waals surface area contributed by atoms with E-state index >= 15 is 0 Å². The molecule has 2 rings (SSSR count). The van der Waals surface area contributed by atoms with Crippen molar-refractivity contribution < 1.29 is 20.0 Å². The van der Waals surface area contributed by atoms with E-state index in [1.54, 1.807) is 24.3 Å². The van der Waals surface area contributed by atoms with E-state index in [4.69, 9.17) is 5.26 Å². The molecule has 6 nitrogen and oxygen atoms in total. The molecule has 0 unspecified atom stereocenters. The van der Waals surface area contributed by atoms with E-state index < -0.39 is 0 Å². The number of hydrogen-bond donors (Lipinski definition) is 2. The Morgan fingerprint density at radius 1 is 1.14 bits per heavy atom. The third kappa shape index (κ3) is 3.89. The first-order chi connectivity index (χ1) is 10.6. The number of ketones is 1. The highest BCUT2D eigenvalue weighted by Gasteiger charge is 2.12. The van der Waals surface area contributed by atoms with Crippen LogP contribution in [0.4, 0.5) is 5.69 Å². The molecule has 0 atom stereocenters. The van der Waals surface area contributed by atoms with Crippen LogP contribution < -0.4 is 4.89 Å². The van der Waals surface area contributed by atoms with Crippen molar-refractivity contribution in [1.29, 1.82) is 0 Å². The monoisotopic (exact) mass is 301 g/mol. The molecular weight excluding hydrogens is 286 g/mol. The lowest BCUT2D eigenvalue weighted by Gasteiger charge is -2.05. The lowest BCUT2D eigenvalue weighted by atomic mass is 10.0. The molecule has 2 aromatic rings. The van der Waals surface area contributed by atoms with Crippen LogP contribution in [0.1, 0.15) is 28.8 Å². The topological polar surface area (TPSA) is 96.2 Å². The maximum absolute atomic E-state index is 12.1. The molecule has 0 fully saturated rings. The fourth-order valence-corrected chi connectivity index (χ4v) is 2.14. The Bertz CT molecular complexity index is 667. The largest absolute Gasteiger partial charge is 0.508 e. The van der Waals surface area contributed by atoms with Crippen molar-refractivity contribution in [2.45, 2.75) is 19.3 Å². The van der Waals surface area contributed by atoms with Crippen LogP contribution in [0.3, 0.4) is 0 Å². The molecule has 0 saturated carbocycles. The van der Waals surface area contributed by atoms with Crippen molar-refractivity contribution in [1.82, 2.24) is 0 Å². The first-order valence-electron chi connectivity index (χ1n) is 6.74. The van der Waals surface area contributed by atoms with E-state index in [1.165, 1.54) is 18.2 Å². The van der Waals surface area contributed by atoms with Crippen molar-refractivity contribution >= 4 is 11.5 Å². The Balaban J connectivity index is 1.93. The van der Waals surface area contributed by atoms with E-state index in [9.17, 15) is 14.8 Å². The smallest absolute Gasteiger partial charge is 0.165 e. The van der Waals surface area contributed by atoms with Gasteiger partial charge in [-0.1, -0.05) is 12.1 Å². The van der Waals surface area contributed by atoms with Crippen LogP contribution in [0.2, 0.25) is 0 Å². The molecule has 0 aliphatic carbocycles. The Kier molecular flexibility index (Phi) is 5.21. The van der Waals surface area contributed by atoms with Crippen LogP contribution in [0.25, 0.3) is 0 Å². The van der Waals surface area contributed by atoms with Crippen LogP contribution >= 0.6 is 0 Å². The molecule has 0 aliphatic rings. The number of hydrogen-bond acceptors (Lipinski definition) is 6. The zero-order chi connectivity index (χ0) is 15.9. The molecule has 114 valence electrons. The molecule has 0 heterocycles. The van der Waals surface area contributed by atoms with Gasteiger partial charge in [0.15, 0.2) is 11.5 Å². The fraction of sp³-hybridized carbons (Fsp3) is 0.188. The van der Waals surface area contributed by atoms with E-state index in [2.05, 4.69) is 10.1 Å². The highest BCUT2D eigenvalue weighted by atomic mass is 17.1. The first-order valence-corrected chi connectivity index (χ1v) is 6.74. The van der Waals surface area contributed by atoms with Gasteiger partial charge in [0.05, 0.1) is 0 Å².